The van der Waals surface area contributed by atoms with Crippen LogP contribution in [0.15, 0.2) is 28.7 Å². The molecule has 0 bridgehead atoms. The summed E-state index contributed by atoms with van der Waals surface area (Å²) in [6, 6.07) is 7.50. The van der Waals surface area contributed by atoms with E-state index in [1.165, 1.54) is 0 Å². The summed E-state index contributed by atoms with van der Waals surface area (Å²) >= 11 is 3.41. The fourth-order valence-electron chi connectivity index (χ4n) is 1.51. The Hall–Kier alpha value is -0.870. The van der Waals surface area contributed by atoms with Crippen LogP contribution in [0.5, 0.6) is 0 Å². The molecule has 1 aromatic carbocycles. The van der Waals surface area contributed by atoms with Gasteiger partial charge in [0.2, 0.25) is 0 Å². The summed E-state index contributed by atoms with van der Waals surface area (Å²) in [4.78, 5) is 12.7. The highest BCUT2D eigenvalue weighted by Crippen LogP contribution is 2.23. The number of likely N-dealkylation sites (N-methyl/N-ethyl adjacent to an activating group) is 1. The highest BCUT2D eigenvalue weighted by atomic mass is 79.9. The fourth-order valence-corrected chi connectivity index (χ4v) is 1.93. The van der Waals surface area contributed by atoms with Crippen molar-refractivity contribution in [1.82, 2.24) is 4.90 Å². The van der Waals surface area contributed by atoms with Gasteiger partial charge in [0.1, 0.15) is 6.04 Å². The second kappa shape index (κ2) is 5.46. The summed E-state index contributed by atoms with van der Waals surface area (Å²) in [6.45, 7) is 3.69. The number of nitrogens with zero attached hydrogens (tertiary/aromatic N) is 1. The third-order valence-electron chi connectivity index (χ3n) is 2.91. The average molecular weight is 286 g/mol. The normalized spacial score (nSPS) is 14.8. The number of benzene rings is 1. The first kappa shape index (κ1) is 13.2. The number of halogens is 1. The molecule has 0 saturated heterocycles. The van der Waals surface area contributed by atoms with Crippen LogP contribution in [0.25, 0.3) is 0 Å². The molecule has 1 aromatic rings. The number of carboxylic acids is 1. The van der Waals surface area contributed by atoms with Crippen molar-refractivity contribution in [3.63, 3.8) is 0 Å². The lowest BCUT2D eigenvalue weighted by molar-refractivity contribution is -0.142. The maximum absolute atomic E-state index is 10.9. The molecule has 3 nitrogen and oxygen atoms in total. The second-order valence-electron chi connectivity index (χ2n) is 3.91. The number of carbonyl (C=O) groups is 1. The number of rotatable bonds is 4. The summed E-state index contributed by atoms with van der Waals surface area (Å²) < 4.78 is 1.01. The molecule has 1 rings (SSSR count). The standard InChI is InChI=1S/C12H16BrNO2/c1-8(14(3)9(2)12(15)16)10-5-4-6-11(13)7-10/h4-9H,1-3H3,(H,15,16). The summed E-state index contributed by atoms with van der Waals surface area (Å²) in [5.41, 5.74) is 1.10. The van der Waals surface area contributed by atoms with E-state index in [1.807, 2.05) is 43.1 Å². The van der Waals surface area contributed by atoms with Gasteiger partial charge in [0.15, 0.2) is 0 Å². The molecule has 4 heteroatoms. The quantitative estimate of drug-likeness (QED) is 0.925. The van der Waals surface area contributed by atoms with Crippen molar-refractivity contribution < 1.29 is 9.90 Å². The molecular weight excluding hydrogens is 270 g/mol. The maximum atomic E-state index is 10.9. The van der Waals surface area contributed by atoms with E-state index in [2.05, 4.69) is 15.9 Å². The van der Waals surface area contributed by atoms with E-state index >= 15 is 0 Å². The Bertz CT molecular complexity index is 381. The third kappa shape index (κ3) is 3.06. The van der Waals surface area contributed by atoms with Crippen molar-refractivity contribution in [3.8, 4) is 0 Å². The van der Waals surface area contributed by atoms with Gasteiger partial charge in [-0.1, -0.05) is 28.1 Å². The Morgan fingerprint density at radius 1 is 1.44 bits per heavy atom. The van der Waals surface area contributed by atoms with Crippen LogP contribution in [0.4, 0.5) is 0 Å². The topological polar surface area (TPSA) is 40.5 Å². The molecule has 1 N–H and O–H groups in total. The van der Waals surface area contributed by atoms with E-state index in [4.69, 9.17) is 5.11 Å². The minimum atomic E-state index is -0.802. The zero-order chi connectivity index (χ0) is 12.3. The van der Waals surface area contributed by atoms with E-state index in [1.54, 1.807) is 6.92 Å². The molecule has 2 atom stereocenters. The molecule has 0 aliphatic carbocycles. The molecule has 0 fully saturated rings. The Morgan fingerprint density at radius 3 is 2.56 bits per heavy atom. The van der Waals surface area contributed by atoms with Gasteiger partial charge in [0, 0.05) is 10.5 Å². The highest BCUT2D eigenvalue weighted by molar-refractivity contribution is 9.10. The SMILES string of the molecule is CC(C(=O)O)N(C)C(C)c1cccc(Br)c1. The molecule has 0 aromatic heterocycles. The predicted molar refractivity (Wildman–Crippen MR) is 67.4 cm³/mol. The second-order valence-corrected chi connectivity index (χ2v) is 4.83. The van der Waals surface area contributed by atoms with Crippen molar-refractivity contribution in [2.75, 3.05) is 7.05 Å². The van der Waals surface area contributed by atoms with Crippen LogP contribution in [0.3, 0.4) is 0 Å². The van der Waals surface area contributed by atoms with Crippen LogP contribution < -0.4 is 0 Å². The lowest BCUT2D eigenvalue weighted by atomic mass is 10.1. The van der Waals surface area contributed by atoms with E-state index in [9.17, 15) is 4.79 Å². The largest absolute Gasteiger partial charge is 0.480 e. The van der Waals surface area contributed by atoms with Crippen LogP contribution in [0.2, 0.25) is 0 Å². The van der Waals surface area contributed by atoms with Crippen molar-refractivity contribution in [2.24, 2.45) is 0 Å². The number of hydrogen-bond acceptors (Lipinski definition) is 2. The number of carboxylic acid groups (broad SMARTS) is 1. The fraction of sp³-hybridized carbons (Fsp3) is 0.417. The van der Waals surface area contributed by atoms with Gasteiger partial charge in [-0.05, 0) is 38.6 Å². The maximum Gasteiger partial charge on any atom is 0.320 e. The Morgan fingerprint density at radius 2 is 2.06 bits per heavy atom. The van der Waals surface area contributed by atoms with E-state index in [0.717, 1.165) is 10.0 Å². The van der Waals surface area contributed by atoms with Crippen LogP contribution in [0.1, 0.15) is 25.5 Å². The number of aliphatic carboxylic acids is 1. The molecule has 0 aliphatic rings. The van der Waals surface area contributed by atoms with Crippen molar-refractivity contribution in [3.05, 3.63) is 34.3 Å². The molecular formula is C12H16BrNO2. The van der Waals surface area contributed by atoms with E-state index in [-0.39, 0.29) is 6.04 Å². The molecule has 0 radical (unpaired) electrons. The van der Waals surface area contributed by atoms with Gasteiger partial charge in [-0.2, -0.15) is 0 Å². The Balaban J connectivity index is 2.85. The lowest BCUT2D eigenvalue weighted by Gasteiger charge is -2.28. The van der Waals surface area contributed by atoms with Crippen molar-refractivity contribution in [2.45, 2.75) is 25.9 Å². The van der Waals surface area contributed by atoms with Crippen molar-refractivity contribution >= 4 is 21.9 Å². The highest BCUT2D eigenvalue weighted by Gasteiger charge is 2.22. The average Bonchev–Trinajstić information content (AvgIpc) is 2.26. The van der Waals surface area contributed by atoms with Gasteiger partial charge in [-0.15, -0.1) is 0 Å². The zero-order valence-corrected chi connectivity index (χ0v) is 11.2. The van der Waals surface area contributed by atoms with E-state index in [0.29, 0.717) is 0 Å². The smallest absolute Gasteiger partial charge is 0.320 e. The molecule has 2 unspecified atom stereocenters. The predicted octanol–water partition coefficient (Wildman–Crippen LogP) is 2.92. The monoisotopic (exact) mass is 285 g/mol. The Kier molecular flexibility index (Phi) is 4.50. The molecule has 88 valence electrons. The molecule has 0 heterocycles. The van der Waals surface area contributed by atoms with Crippen molar-refractivity contribution in [1.29, 1.82) is 0 Å². The molecule has 16 heavy (non-hydrogen) atoms. The Labute approximate surface area is 104 Å². The first-order chi connectivity index (χ1) is 7.43. The van der Waals surface area contributed by atoms with Crippen LogP contribution in [0, 0.1) is 0 Å². The molecule has 0 aliphatic heterocycles. The summed E-state index contributed by atoms with van der Waals surface area (Å²) in [5.74, 6) is -0.802. The molecule has 0 saturated carbocycles. The van der Waals surface area contributed by atoms with Gasteiger partial charge in [-0.25, -0.2) is 0 Å². The summed E-state index contributed by atoms with van der Waals surface area (Å²) in [7, 11) is 1.82. The number of hydrogen-bond donors (Lipinski definition) is 1. The zero-order valence-electron chi connectivity index (χ0n) is 9.64. The molecule has 0 spiro atoms. The molecule has 0 amide bonds. The first-order valence-electron chi connectivity index (χ1n) is 5.13. The van der Waals surface area contributed by atoms with Gasteiger partial charge < -0.3 is 5.11 Å². The van der Waals surface area contributed by atoms with E-state index < -0.39 is 12.0 Å². The van der Waals surface area contributed by atoms with Crippen LogP contribution >= 0.6 is 15.9 Å². The summed E-state index contributed by atoms with van der Waals surface area (Å²) in [5, 5.41) is 8.95. The summed E-state index contributed by atoms with van der Waals surface area (Å²) in [6.07, 6.45) is 0. The van der Waals surface area contributed by atoms with Gasteiger partial charge in [0.05, 0.1) is 0 Å². The lowest BCUT2D eigenvalue weighted by Crippen LogP contribution is -2.37. The van der Waals surface area contributed by atoms with Gasteiger partial charge >= 0.3 is 5.97 Å². The van der Waals surface area contributed by atoms with Gasteiger partial charge in [-0.3, -0.25) is 9.69 Å². The van der Waals surface area contributed by atoms with Crippen LogP contribution in [-0.2, 0) is 4.79 Å². The van der Waals surface area contributed by atoms with Gasteiger partial charge in [0.25, 0.3) is 0 Å². The van der Waals surface area contributed by atoms with Crippen LogP contribution in [-0.4, -0.2) is 29.1 Å². The third-order valence-corrected chi connectivity index (χ3v) is 3.40. The minimum absolute atomic E-state index is 0.0728. The minimum Gasteiger partial charge on any atom is -0.480 e. The first-order valence-corrected chi connectivity index (χ1v) is 5.93.